The van der Waals surface area contributed by atoms with Gasteiger partial charge in [-0.2, -0.15) is 0 Å². The third-order valence-electron chi connectivity index (χ3n) is 3.25. The van der Waals surface area contributed by atoms with Crippen LogP contribution in [0.15, 0.2) is 6.33 Å². The summed E-state index contributed by atoms with van der Waals surface area (Å²) in [5, 5.41) is 19.3. The third kappa shape index (κ3) is 3.21. The first-order chi connectivity index (χ1) is 9.08. The van der Waals surface area contributed by atoms with E-state index in [1.165, 1.54) is 4.90 Å². The van der Waals surface area contributed by atoms with Crippen molar-refractivity contribution in [2.45, 2.75) is 12.8 Å². The summed E-state index contributed by atoms with van der Waals surface area (Å²) in [4.78, 5) is 24.1. The van der Waals surface area contributed by atoms with Crippen molar-refractivity contribution in [3.63, 3.8) is 0 Å². The van der Waals surface area contributed by atoms with Crippen molar-refractivity contribution in [2.24, 2.45) is 13.0 Å². The molecule has 0 aliphatic carbocycles. The SMILES string of the molecule is Cn1cnnc1CCNC(=O)N1CCC(C(=O)O)C1. The minimum atomic E-state index is -0.839. The number of carbonyl (C=O) groups is 2. The molecule has 0 aromatic carbocycles. The fourth-order valence-corrected chi connectivity index (χ4v) is 2.07. The van der Waals surface area contributed by atoms with Crippen LogP contribution in [0.3, 0.4) is 0 Å². The maximum atomic E-state index is 11.8. The van der Waals surface area contributed by atoms with Gasteiger partial charge in [0.25, 0.3) is 0 Å². The van der Waals surface area contributed by atoms with E-state index in [9.17, 15) is 9.59 Å². The van der Waals surface area contributed by atoms with Crippen molar-refractivity contribution in [3.05, 3.63) is 12.2 Å². The second-order valence-corrected chi connectivity index (χ2v) is 4.61. The first kappa shape index (κ1) is 13.3. The van der Waals surface area contributed by atoms with Gasteiger partial charge < -0.3 is 19.9 Å². The summed E-state index contributed by atoms with van der Waals surface area (Å²) in [7, 11) is 1.84. The Morgan fingerprint density at radius 2 is 2.37 bits per heavy atom. The largest absolute Gasteiger partial charge is 0.481 e. The molecule has 1 saturated heterocycles. The topological polar surface area (TPSA) is 100 Å². The molecule has 1 unspecified atom stereocenters. The van der Waals surface area contributed by atoms with Crippen LogP contribution in [-0.2, 0) is 18.3 Å². The first-order valence-electron chi connectivity index (χ1n) is 6.16. The van der Waals surface area contributed by atoms with Crippen LogP contribution in [0.25, 0.3) is 0 Å². The maximum Gasteiger partial charge on any atom is 0.317 e. The molecule has 1 aromatic rings. The van der Waals surface area contributed by atoms with Crippen LogP contribution < -0.4 is 5.32 Å². The fourth-order valence-electron chi connectivity index (χ4n) is 2.07. The highest BCUT2D eigenvalue weighted by atomic mass is 16.4. The molecule has 2 heterocycles. The van der Waals surface area contributed by atoms with Gasteiger partial charge in [-0.15, -0.1) is 10.2 Å². The van der Waals surface area contributed by atoms with Crippen LogP contribution in [0.1, 0.15) is 12.2 Å². The summed E-state index contributed by atoms with van der Waals surface area (Å²) < 4.78 is 1.79. The molecule has 8 nitrogen and oxygen atoms in total. The number of hydrogen-bond acceptors (Lipinski definition) is 4. The van der Waals surface area contributed by atoms with E-state index in [4.69, 9.17) is 5.11 Å². The van der Waals surface area contributed by atoms with E-state index in [0.717, 1.165) is 5.82 Å². The van der Waals surface area contributed by atoms with Crippen molar-refractivity contribution < 1.29 is 14.7 Å². The Bertz CT molecular complexity index is 473. The maximum absolute atomic E-state index is 11.8. The monoisotopic (exact) mass is 267 g/mol. The highest BCUT2D eigenvalue weighted by molar-refractivity contribution is 5.77. The summed E-state index contributed by atoms with van der Waals surface area (Å²) in [5.41, 5.74) is 0. The Morgan fingerprint density at radius 3 is 2.95 bits per heavy atom. The smallest absolute Gasteiger partial charge is 0.317 e. The molecule has 2 N–H and O–H groups in total. The van der Waals surface area contributed by atoms with E-state index in [2.05, 4.69) is 15.5 Å². The molecule has 19 heavy (non-hydrogen) atoms. The number of hydrogen-bond donors (Lipinski definition) is 2. The molecular weight excluding hydrogens is 250 g/mol. The zero-order valence-electron chi connectivity index (χ0n) is 10.7. The number of urea groups is 1. The fraction of sp³-hybridized carbons (Fsp3) is 0.636. The van der Waals surface area contributed by atoms with Gasteiger partial charge in [-0.1, -0.05) is 0 Å². The van der Waals surface area contributed by atoms with E-state index >= 15 is 0 Å². The normalized spacial score (nSPS) is 18.6. The Hall–Kier alpha value is -2.12. The van der Waals surface area contributed by atoms with E-state index < -0.39 is 11.9 Å². The van der Waals surface area contributed by atoms with Crippen LogP contribution >= 0.6 is 0 Å². The van der Waals surface area contributed by atoms with Crippen molar-refractivity contribution in [3.8, 4) is 0 Å². The number of aryl methyl sites for hydroxylation is 1. The zero-order chi connectivity index (χ0) is 13.8. The molecule has 1 aromatic heterocycles. The Kier molecular flexibility index (Phi) is 3.98. The third-order valence-corrected chi connectivity index (χ3v) is 3.25. The van der Waals surface area contributed by atoms with Gasteiger partial charge >= 0.3 is 12.0 Å². The highest BCUT2D eigenvalue weighted by Crippen LogP contribution is 2.15. The van der Waals surface area contributed by atoms with Gasteiger partial charge in [0, 0.05) is 33.1 Å². The van der Waals surface area contributed by atoms with Gasteiger partial charge in [-0.05, 0) is 6.42 Å². The summed E-state index contributed by atoms with van der Waals surface area (Å²) in [6, 6.07) is -0.217. The molecule has 8 heteroatoms. The molecule has 1 atom stereocenters. The second-order valence-electron chi connectivity index (χ2n) is 4.61. The van der Waals surface area contributed by atoms with Gasteiger partial charge in [0.15, 0.2) is 0 Å². The molecule has 1 aliphatic heterocycles. The summed E-state index contributed by atoms with van der Waals surface area (Å²) in [6.45, 7) is 1.23. The molecule has 2 rings (SSSR count). The van der Waals surface area contributed by atoms with Gasteiger partial charge in [0.05, 0.1) is 5.92 Å². The lowest BCUT2D eigenvalue weighted by Crippen LogP contribution is -2.39. The quantitative estimate of drug-likeness (QED) is 0.764. The number of aromatic nitrogens is 3. The van der Waals surface area contributed by atoms with E-state index in [-0.39, 0.29) is 12.6 Å². The molecule has 0 bridgehead atoms. The summed E-state index contributed by atoms with van der Waals surface area (Å²) in [5.74, 6) is -0.482. The van der Waals surface area contributed by atoms with Crippen molar-refractivity contribution in [1.29, 1.82) is 0 Å². The number of likely N-dealkylation sites (tertiary alicyclic amines) is 1. The van der Waals surface area contributed by atoms with Crippen LogP contribution in [-0.4, -0.2) is 56.4 Å². The van der Waals surface area contributed by atoms with Crippen LogP contribution in [0.4, 0.5) is 4.79 Å². The Labute approximate surface area is 110 Å². The number of nitrogens with zero attached hydrogens (tertiary/aromatic N) is 4. The molecule has 0 radical (unpaired) electrons. The molecular formula is C11H17N5O3. The minimum Gasteiger partial charge on any atom is -0.481 e. The number of amides is 2. The molecule has 2 amide bonds. The number of aliphatic carboxylic acids is 1. The molecule has 0 saturated carbocycles. The van der Waals surface area contributed by atoms with E-state index in [1.807, 2.05) is 7.05 Å². The van der Waals surface area contributed by atoms with Crippen LogP contribution in [0.2, 0.25) is 0 Å². The second kappa shape index (κ2) is 5.68. The number of rotatable bonds is 4. The minimum absolute atomic E-state index is 0.217. The zero-order valence-corrected chi connectivity index (χ0v) is 10.7. The average molecular weight is 267 g/mol. The van der Waals surface area contributed by atoms with Crippen molar-refractivity contribution >= 4 is 12.0 Å². The van der Waals surface area contributed by atoms with Gasteiger partial charge in [-0.3, -0.25) is 4.79 Å². The average Bonchev–Trinajstić information content (AvgIpc) is 2.98. The summed E-state index contributed by atoms with van der Waals surface area (Å²) in [6.07, 6.45) is 2.72. The van der Waals surface area contributed by atoms with Crippen LogP contribution in [0, 0.1) is 5.92 Å². The van der Waals surface area contributed by atoms with Crippen molar-refractivity contribution in [2.75, 3.05) is 19.6 Å². The molecule has 104 valence electrons. The van der Waals surface area contributed by atoms with Crippen molar-refractivity contribution in [1.82, 2.24) is 25.0 Å². The van der Waals surface area contributed by atoms with Gasteiger partial charge in [-0.25, -0.2) is 4.79 Å². The predicted molar refractivity (Wildman–Crippen MR) is 65.4 cm³/mol. The molecule has 1 fully saturated rings. The van der Waals surface area contributed by atoms with E-state index in [0.29, 0.717) is 25.9 Å². The number of carboxylic acids is 1. The first-order valence-corrected chi connectivity index (χ1v) is 6.16. The number of carbonyl (C=O) groups excluding carboxylic acids is 1. The number of nitrogens with one attached hydrogen (secondary N) is 1. The Balaban J connectivity index is 1.73. The summed E-state index contributed by atoms with van der Waals surface area (Å²) >= 11 is 0. The lowest BCUT2D eigenvalue weighted by molar-refractivity contribution is -0.141. The Morgan fingerprint density at radius 1 is 1.58 bits per heavy atom. The van der Waals surface area contributed by atoms with E-state index in [1.54, 1.807) is 10.9 Å². The van der Waals surface area contributed by atoms with Crippen LogP contribution in [0.5, 0.6) is 0 Å². The lowest BCUT2D eigenvalue weighted by atomic mass is 10.1. The lowest BCUT2D eigenvalue weighted by Gasteiger charge is -2.16. The standard InChI is InChI=1S/C11H17N5O3/c1-15-7-13-14-9(15)2-4-12-11(19)16-5-3-8(6-16)10(17)18/h7-8H,2-6H2,1H3,(H,12,19)(H,17,18). The highest BCUT2D eigenvalue weighted by Gasteiger charge is 2.30. The van der Waals surface area contributed by atoms with Gasteiger partial charge in [0.2, 0.25) is 0 Å². The molecule has 0 spiro atoms. The number of carboxylic acid groups (broad SMARTS) is 1. The predicted octanol–water partition coefficient (Wildman–Crippen LogP) is -0.526. The van der Waals surface area contributed by atoms with Gasteiger partial charge in [0.1, 0.15) is 12.2 Å². The molecule has 1 aliphatic rings.